The predicted octanol–water partition coefficient (Wildman–Crippen LogP) is 1.74. The van der Waals surface area contributed by atoms with E-state index in [1.54, 1.807) is 26.8 Å². The molecule has 6 heteroatoms. The Labute approximate surface area is 105 Å². The smallest absolute Gasteiger partial charge is 0.272 e. The highest BCUT2D eigenvalue weighted by molar-refractivity contribution is 5.93. The molecule has 1 aromatic carbocycles. The van der Waals surface area contributed by atoms with E-state index in [-0.39, 0.29) is 24.1 Å². The number of hydrogen-bond acceptors (Lipinski definition) is 4. The van der Waals surface area contributed by atoms with Crippen LogP contribution in [-0.2, 0) is 4.79 Å². The number of nitrogens with zero attached hydrogens (tertiary/aromatic N) is 1. The van der Waals surface area contributed by atoms with Crippen molar-refractivity contribution in [2.75, 3.05) is 11.9 Å². The Hall–Kier alpha value is -1.95. The minimum atomic E-state index is -0.434. The van der Waals surface area contributed by atoms with Crippen LogP contribution in [0.4, 0.5) is 11.4 Å². The normalized spacial score (nSPS) is 12.0. The van der Waals surface area contributed by atoms with E-state index < -0.39 is 4.92 Å². The van der Waals surface area contributed by atoms with Gasteiger partial charge in [-0.2, -0.15) is 0 Å². The Bertz CT molecular complexity index is 486. The maximum absolute atomic E-state index is 11.7. The van der Waals surface area contributed by atoms with E-state index >= 15 is 0 Å². The second-order valence-corrected chi connectivity index (χ2v) is 4.34. The van der Waals surface area contributed by atoms with Gasteiger partial charge in [-0.3, -0.25) is 14.9 Å². The van der Waals surface area contributed by atoms with Crippen LogP contribution in [0, 0.1) is 29.9 Å². The summed E-state index contributed by atoms with van der Waals surface area (Å²) in [5.41, 5.74) is 7.22. The lowest BCUT2D eigenvalue weighted by Gasteiger charge is -2.12. The quantitative estimate of drug-likeness (QED) is 0.629. The summed E-state index contributed by atoms with van der Waals surface area (Å²) in [5.74, 6) is -0.478. The van der Waals surface area contributed by atoms with E-state index in [0.29, 0.717) is 16.8 Å². The summed E-state index contributed by atoms with van der Waals surface area (Å²) in [6, 6.07) is 3.06. The van der Waals surface area contributed by atoms with E-state index in [0.717, 1.165) is 0 Å². The summed E-state index contributed by atoms with van der Waals surface area (Å²) in [6.45, 7) is 5.34. The molecule has 0 saturated carbocycles. The highest BCUT2D eigenvalue weighted by Gasteiger charge is 2.16. The molecule has 18 heavy (non-hydrogen) atoms. The third-order valence-corrected chi connectivity index (χ3v) is 2.80. The lowest BCUT2D eigenvalue weighted by atomic mass is 10.1. The van der Waals surface area contributed by atoms with Crippen LogP contribution >= 0.6 is 0 Å². The summed E-state index contributed by atoms with van der Waals surface area (Å²) in [4.78, 5) is 22.0. The van der Waals surface area contributed by atoms with Crippen LogP contribution in [0.25, 0.3) is 0 Å². The lowest BCUT2D eigenvalue weighted by molar-refractivity contribution is -0.385. The highest BCUT2D eigenvalue weighted by Crippen LogP contribution is 2.26. The van der Waals surface area contributed by atoms with Crippen molar-refractivity contribution in [2.24, 2.45) is 11.7 Å². The third-order valence-electron chi connectivity index (χ3n) is 2.80. The van der Waals surface area contributed by atoms with Crippen LogP contribution in [-0.4, -0.2) is 17.4 Å². The van der Waals surface area contributed by atoms with Crippen molar-refractivity contribution >= 4 is 17.3 Å². The first-order chi connectivity index (χ1) is 8.36. The Kier molecular flexibility index (Phi) is 4.38. The molecule has 0 aromatic heterocycles. The minimum Gasteiger partial charge on any atom is -0.330 e. The number of benzene rings is 1. The number of amides is 1. The number of rotatable bonds is 4. The Morgan fingerprint density at radius 2 is 2.06 bits per heavy atom. The molecule has 6 nitrogen and oxygen atoms in total. The molecule has 0 radical (unpaired) electrons. The molecular weight excluding hydrogens is 234 g/mol. The van der Waals surface area contributed by atoms with Crippen molar-refractivity contribution in [3.05, 3.63) is 33.4 Å². The summed E-state index contributed by atoms with van der Waals surface area (Å²) < 4.78 is 0. The number of aryl methyl sites for hydroxylation is 2. The zero-order valence-corrected chi connectivity index (χ0v) is 10.7. The van der Waals surface area contributed by atoms with Gasteiger partial charge < -0.3 is 11.1 Å². The largest absolute Gasteiger partial charge is 0.330 e. The fourth-order valence-corrected chi connectivity index (χ4v) is 1.50. The predicted molar refractivity (Wildman–Crippen MR) is 69.4 cm³/mol. The van der Waals surface area contributed by atoms with E-state index in [1.165, 1.54) is 6.07 Å². The summed E-state index contributed by atoms with van der Waals surface area (Å²) in [5, 5.41) is 13.5. The number of carbonyl (C=O) groups excluding carboxylic acids is 1. The van der Waals surface area contributed by atoms with Gasteiger partial charge in [-0.15, -0.1) is 0 Å². The molecule has 1 rings (SSSR count). The average molecular weight is 251 g/mol. The first-order valence-corrected chi connectivity index (χ1v) is 5.63. The van der Waals surface area contributed by atoms with Crippen molar-refractivity contribution in [3.63, 3.8) is 0 Å². The van der Waals surface area contributed by atoms with E-state index in [1.807, 2.05) is 0 Å². The van der Waals surface area contributed by atoms with Crippen molar-refractivity contribution < 1.29 is 9.72 Å². The molecule has 3 N–H and O–H groups in total. The first-order valence-electron chi connectivity index (χ1n) is 5.63. The van der Waals surface area contributed by atoms with Crippen LogP contribution in [0.3, 0.4) is 0 Å². The summed E-state index contributed by atoms with van der Waals surface area (Å²) in [6.07, 6.45) is 0. The first kappa shape index (κ1) is 14.1. The monoisotopic (exact) mass is 251 g/mol. The summed E-state index contributed by atoms with van der Waals surface area (Å²) >= 11 is 0. The van der Waals surface area contributed by atoms with Crippen molar-refractivity contribution in [1.82, 2.24) is 0 Å². The molecule has 0 bridgehead atoms. The van der Waals surface area contributed by atoms with Crippen molar-refractivity contribution in [2.45, 2.75) is 20.8 Å². The Morgan fingerprint density at radius 3 is 2.56 bits per heavy atom. The number of hydrogen-bond donors (Lipinski definition) is 2. The van der Waals surface area contributed by atoms with Crippen LogP contribution in [0.1, 0.15) is 18.1 Å². The van der Waals surface area contributed by atoms with Gasteiger partial charge in [0.25, 0.3) is 5.69 Å². The molecule has 1 atom stereocenters. The zero-order chi connectivity index (χ0) is 13.9. The number of carbonyl (C=O) groups is 1. The molecule has 0 spiro atoms. The van der Waals surface area contributed by atoms with Crippen LogP contribution < -0.4 is 11.1 Å². The number of nitrogens with one attached hydrogen (secondary N) is 1. The fourth-order valence-electron chi connectivity index (χ4n) is 1.50. The molecule has 0 aliphatic rings. The average Bonchev–Trinajstić information content (AvgIpc) is 2.31. The Balaban J connectivity index is 3.02. The van der Waals surface area contributed by atoms with Gasteiger partial charge >= 0.3 is 0 Å². The van der Waals surface area contributed by atoms with Gasteiger partial charge in [0.15, 0.2) is 0 Å². The molecule has 0 fully saturated rings. The van der Waals surface area contributed by atoms with Crippen molar-refractivity contribution in [1.29, 1.82) is 0 Å². The molecule has 0 saturated heterocycles. The van der Waals surface area contributed by atoms with Gasteiger partial charge in [-0.05, 0) is 25.5 Å². The third kappa shape index (κ3) is 3.04. The van der Waals surface area contributed by atoms with E-state index in [9.17, 15) is 14.9 Å². The van der Waals surface area contributed by atoms with Gasteiger partial charge in [0.1, 0.15) is 0 Å². The number of nitrogens with two attached hydrogens (primary N) is 1. The van der Waals surface area contributed by atoms with Crippen LogP contribution in [0.2, 0.25) is 0 Å². The number of nitro groups is 1. The summed E-state index contributed by atoms with van der Waals surface area (Å²) in [7, 11) is 0. The lowest BCUT2D eigenvalue weighted by Crippen LogP contribution is -2.27. The van der Waals surface area contributed by atoms with Crippen LogP contribution in [0.15, 0.2) is 12.1 Å². The number of nitro benzene ring substituents is 1. The topological polar surface area (TPSA) is 98.3 Å². The molecule has 0 heterocycles. The fraction of sp³-hybridized carbons (Fsp3) is 0.417. The molecule has 0 aliphatic heterocycles. The van der Waals surface area contributed by atoms with Gasteiger partial charge in [-0.1, -0.05) is 6.92 Å². The maximum atomic E-state index is 11.7. The van der Waals surface area contributed by atoms with E-state index in [4.69, 9.17) is 5.73 Å². The second kappa shape index (κ2) is 5.59. The van der Waals surface area contributed by atoms with Gasteiger partial charge in [0.05, 0.1) is 4.92 Å². The molecule has 1 unspecified atom stereocenters. The molecule has 98 valence electrons. The Morgan fingerprint density at radius 1 is 1.44 bits per heavy atom. The van der Waals surface area contributed by atoms with E-state index in [2.05, 4.69) is 5.32 Å². The highest BCUT2D eigenvalue weighted by atomic mass is 16.6. The van der Waals surface area contributed by atoms with Gasteiger partial charge in [0.2, 0.25) is 5.91 Å². The standard InChI is InChI=1S/C12H17N3O3/c1-7-5-11(15(17)18)8(2)4-10(7)14-12(16)9(3)6-13/h4-5,9H,6,13H2,1-3H3,(H,14,16). The SMILES string of the molecule is Cc1cc([N+](=O)[O-])c(C)cc1NC(=O)C(C)CN. The molecule has 0 aliphatic carbocycles. The molecule has 1 aromatic rings. The molecule has 1 amide bonds. The van der Waals surface area contributed by atoms with Gasteiger partial charge in [-0.25, -0.2) is 0 Å². The second-order valence-electron chi connectivity index (χ2n) is 4.34. The minimum absolute atomic E-state index is 0.0531. The van der Waals surface area contributed by atoms with Crippen LogP contribution in [0.5, 0.6) is 0 Å². The van der Waals surface area contributed by atoms with Crippen molar-refractivity contribution in [3.8, 4) is 0 Å². The zero-order valence-electron chi connectivity index (χ0n) is 10.7. The maximum Gasteiger partial charge on any atom is 0.272 e. The van der Waals surface area contributed by atoms with Gasteiger partial charge in [0, 0.05) is 29.8 Å². The molecular formula is C12H17N3O3. The number of anilines is 1.